The van der Waals surface area contributed by atoms with Gasteiger partial charge in [-0.15, -0.1) is 0 Å². The van der Waals surface area contributed by atoms with Crippen molar-refractivity contribution in [2.45, 2.75) is 27.7 Å². The molecule has 0 bridgehead atoms. The van der Waals surface area contributed by atoms with Crippen LogP contribution in [0.25, 0.3) is 27.8 Å². The van der Waals surface area contributed by atoms with Crippen LogP contribution in [0.2, 0.25) is 0 Å². The summed E-state index contributed by atoms with van der Waals surface area (Å²) < 4.78 is 1.12. The van der Waals surface area contributed by atoms with Gasteiger partial charge in [-0.1, -0.05) is 54.1 Å². The number of rotatable bonds is 1. The highest BCUT2D eigenvalue weighted by Gasteiger charge is 2.09. The minimum Gasteiger partial charge on any atom is -0.358 e. The molecule has 104 valence electrons. The summed E-state index contributed by atoms with van der Waals surface area (Å²) in [5, 5.41) is 3.87. The van der Waals surface area contributed by atoms with Gasteiger partial charge < -0.3 is 4.98 Å². The molecular weight excluding hydrogens is 310 g/mol. The zero-order chi connectivity index (χ0) is 14.7. The summed E-state index contributed by atoms with van der Waals surface area (Å²) in [6, 6.07) is 10.8. The Kier molecular flexibility index (Phi) is 4.66. The van der Waals surface area contributed by atoms with Gasteiger partial charge in [-0.2, -0.15) is 0 Å². The van der Waals surface area contributed by atoms with Gasteiger partial charge in [0.1, 0.15) is 0 Å². The Bertz CT molecular complexity index is 766. The minimum atomic E-state index is 1.12. The Labute approximate surface area is 128 Å². The Balaban J connectivity index is 0.000000704. The van der Waals surface area contributed by atoms with Crippen LogP contribution in [-0.4, -0.2) is 4.98 Å². The predicted molar refractivity (Wildman–Crippen MR) is 94.3 cm³/mol. The summed E-state index contributed by atoms with van der Waals surface area (Å²) in [5.41, 5.74) is 3.71. The van der Waals surface area contributed by atoms with E-state index in [0.29, 0.717) is 0 Å². The normalized spacial score (nSPS) is 11.1. The van der Waals surface area contributed by atoms with Crippen LogP contribution in [0.4, 0.5) is 0 Å². The van der Waals surface area contributed by atoms with Crippen molar-refractivity contribution in [3.63, 3.8) is 0 Å². The molecule has 0 spiro atoms. The summed E-state index contributed by atoms with van der Waals surface area (Å²) >= 11 is 3.56. The molecule has 0 radical (unpaired) electrons. The number of allylic oxidation sites excluding steroid dienone is 1. The lowest BCUT2D eigenvalue weighted by molar-refractivity contribution is 1.29. The van der Waals surface area contributed by atoms with Crippen LogP contribution in [0, 0.1) is 6.92 Å². The van der Waals surface area contributed by atoms with E-state index in [9.17, 15) is 0 Å². The monoisotopic (exact) mass is 329 g/mol. The van der Waals surface area contributed by atoms with Gasteiger partial charge >= 0.3 is 0 Å². The molecule has 1 aromatic heterocycles. The summed E-state index contributed by atoms with van der Waals surface area (Å²) in [4.78, 5) is 3.46. The molecule has 1 heterocycles. The van der Waals surface area contributed by atoms with E-state index in [4.69, 9.17) is 0 Å². The van der Waals surface area contributed by atoms with Crippen molar-refractivity contribution in [2.75, 3.05) is 0 Å². The van der Waals surface area contributed by atoms with E-state index in [0.717, 1.165) is 4.47 Å². The van der Waals surface area contributed by atoms with Gasteiger partial charge in [0.05, 0.1) is 0 Å². The molecule has 1 nitrogen and oxygen atoms in total. The molecule has 0 saturated heterocycles. The van der Waals surface area contributed by atoms with Crippen LogP contribution >= 0.6 is 15.9 Å². The number of fused-ring (bicyclic) bond motifs is 3. The molecule has 0 amide bonds. The van der Waals surface area contributed by atoms with Crippen molar-refractivity contribution in [3.8, 4) is 0 Å². The number of aryl methyl sites for hydroxylation is 1. The molecule has 0 unspecified atom stereocenters. The molecule has 20 heavy (non-hydrogen) atoms. The Morgan fingerprint density at radius 2 is 1.80 bits per heavy atom. The van der Waals surface area contributed by atoms with E-state index in [1.165, 1.54) is 32.9 Å². The van der Waals surface area contributed by atoms with Gasteiger partial charge in [-0.05, 0) is 42.8 Å². The number of aromatic nitrogens is 1. The topological polar surface area (TPSA) is 15.8 Å². The van der Waals surface area contributed by atoms with Crippen molar-refractivity contribution >= 4 is 43.7 Å². The molecule has 0 atom stereocenters. The first-order valence-electron chi connectivity index (χ1n) is 7.04. The van der Waals surface area contributed by atoms with Crippen molar-refractivity contribution in [3.05, 3.63) is 52.1 Å². The second kappa shape index (κ2) is 6.27. The summed E-state index contributed by atoms with van der Waals surface area (Å²) in [7, 11) is 0. The maximum atomic E-state index is 3.56. The third kappa shape index (κ3) is 2.53. The summed E-state index contributed by atoms with van der Waals surface area (Å²) in [5.74, 6) is 0. The van der Waals surface area contributed by atoms with Crippen LogP contribution in [0.1, 0.15) is 32.0 Å². The average molecular weight is 330 g/mol. The molecule has 0 aliphatic rings. The van der Waals surface area contributed by atoms with Gasteiger partial charge in [-0.25, -0.2) is 0 Å². The Morgan fingerprint density at radius 3 is 2.50 bits per heavy atom. The fourth-order valence-corrected chi connectivity index (χ4v) is 2.88. The lowest BCUT2D eigenvalue weighted by atomic mass is 10.0. The van der Waals surface area contributed by atoms with Crippen molar-refractivity contribution < 1.29 is 0 Å². The van der Waals surface area contributed by atoms with E-state index < -0.39 is 0 Å². The van der Waals surface area contributed by atoms with Crippen LogP contribution in [-0.2, 0) is 0 Å². The highest BCUT2D eigenvalue weighted by molar-refractivity contribution is 9.10. The van der Waals surface area contributed by atoms with Crippen molar-refractivity contribution in [1.82, 2.24) is 4.98 Å². The van der Waals surface area contributed by atoms with E-state index in [1.807, 2.05) is 13.8 Å². The number of benzene rings is 2. The number of hydrogen-bond acceptors (Lipinski definition) is 0. The van der Waals surface area contributed by atoms with E-state index >= 15 is 0 Å². The lowest BCUT2D eigenvalue weighted by Gasteiger charge is -2.02. The van der Waals surface area contributed by atoms with Crippen molar-refractivity contribution in [2.24, 2.45) is 0 Å². The second-order valence-corrected chi connectivity index (χ2v) is 5.43. The summed E-state index contributed by atoms with van der Waals surface area (Å²) in [6.45, 7) is 8.18. The number of halogens is 1. The largest absolute Gasteiger partial charge is 0.358 e. The molecule has 3 aromatic rings. The fraction of sp³-hybridized carbons (Fsp3) is 0.222. The van der Waals surface area contributed by atoms with Crippen molar-refractivity contribution in [1.29, 1.82) is 0 Å². The third-order valence-corrected chi connectivity index (χ3v) is 3.81. The number of H-pyrrole nitrogens is 1. The molecule has 2 heteroatoms. The lowest BCUT2D eigenvalue weighted by Crippen LogP contribution is -1.77. The van der Waals surface area contributed by atoms with E-state index in [2.05, 4.69) is 77.2 Å². The van der Waals surface area contributed by atoms with Gasteiger partial charge in [0.25, 0.3) is 0 Å². The molecule has 0 saturated carbocycles. The minimum absolute atomic E-state index is 1.12. The Hall–Kier alpha value is -1.54. The average Bonchev–Trinajstić information content (AvgIpc) is 2.78. The highest BCUT2D eigenvalue weighted by Crippen LogP contribution is 2.32. The van der Waals surface area contributed by atoms with Gasteiger partial charge in [0.2, 0.25) is 0 Å². The Morgan fingerprint density at radius 1 is 1.10 bits per heavy atom. The van der Waals surface area contributed by atoms with Gasteiger partial charge in [0.15, 0.2) is 0 Å². The van der Waals surface area contributed by atoms with Crippen LogP contribution in [0.5, 0.6) is 0 Å². The molecule has 0 aliphatic heterocycles. The molecule has 2 aromatic carbocycles. The predicted octanol–water partition coefficient (Wildman–Crippen LogP) is 6.45. The zero-order valence-electron chi connectivity index (χ0n) is 12.4. The van der Waals surface area contributed by atoms with Crippen LogP contribution < -0.4 is 0 Å². The highest BCUT2D eigenvalue weighted by atomic mass is 79.9. The zero-order valence-corrected chi connectivity index (χ0v) is 14.0. The fourth-order valence-electron chi connectivity index (χ4n) is 2.52. The maximum Gasteiger partial charge on any atom is 0.0468 e. The first-order chi connectivity index (χ1) is 9.70. The number of nitrogens with one attached hydrogen (secondary N) is 1. The number of aromatic amines is 1. The second-order valence-electron chi connectivity index (χ2n) is 4.52. The van der Waals surface area contributed by atoms with E-state index in [-0.39, 0.29) is 0 Å². The smallest absolute Gasteiger partial charge is 0.0468 e. The summed E-state index contributed by atoms with van der Waals surface area (Å²) in [6.07, 6.45) is 4.26. The molecule has 3 rings (SSSR count). The van der Waals surface area contributed by atoms with Crippen LogP contribution in [0.15, 0.2) is 40.9 Å². The molecule has 0 aliphatic carbocycles. The first kappa shape index (κ1) is 14.9. The molecule has 1 N–H and O–H groups in total. The third-order valence-electron chi connectivity index (χ3n) is 3.31. The quantitative estimate of drug-likeness (QED) is 0.527. The standard InChI is InChI=1S/C16H14BrN.C2H6/c1-3-4-13-10(2)18-15-8-6-11-5-7-12(17)9-14(11)16(13)15;1-2/h3-9,18H,1-2H3;1-2H3/b4-3-;. The van der Waals surface area contributed by atoms with Crippen LogP contribution in [0.3, 0.4) is 0 Å². The molecular formula is C18H20BrN. The molecule has 0 fully saturated rings. The van der Waals surface area contributed by atoms with E-state index in [1.54, 1.807) is 0 Å². The maximum absolute atomic E-state index is 3.56. The first-order valence-corrected chi connectivity index (χ1v) is 7.83. The number of hydrogen-bond donors (Lipinski definition) is 1. The SMILES string of the molecule is C/C=C\c1c(C)[nH]c2ccc3ccc(Br)cc3c12.CC. The van der Waals surface area contributed by atoms with Gasteiger partial charge in [-0.3, -0.25) is 0 Å². The van der Waals surface area contributed by atoms with Gasteiger partial charge in [0, 0.05) is 26.6 Å².